The second-order valence-corrected chi connectivity index (χ2v) is 39.9. The molecule has 0 saturated carbocycles. The molecule has 0 amide bonds. The predicted molar refractivity (Wildman–Crippen MR) is 587 cm³/mol. The lowest BCUT2D eigenvalue weighted by molar-refractivity contribution is 0.0160. The van der Waals surface area contributed by atoms with Gasteiger partial charge in [0.15, 0.2) is 46.0 Å². The Balaban J connectivity index is 1.25. The van der Waals surface area contributed by atoms with Crippen LogP contribution in [0.4, 0.5) is 0 Å². The number of unbranched alkanes of at least 4 members (excludes halogenated alkanes) is 54. The van der Waals surface area contributed by atoms with Crippen molar-refractivity contribution in [2.45, 2.75) is 427 Å². The van der Waals surface area contributed by atoms with Gasteiger partial charge in [-0.2, -0.15) is 0 Å². The highest BCUT2D eigenvalue weighted by Crippen LogP contribution is 2.49. The van der Waals surface area contributed by atoms with Crippen molar-refractivity contribution in [2.24, 2.45) is 0 Å². The minimum Gasteiger partial charge on any atom is -0.490 e. The van der Waals surface area contributed by atoms with Gasteiger partial charge in [0.05, 0.1) is 128 Å². The van der Waals surface area contributed by atoms with Crippen molar-refractivity contribution in [3.05, 3.63) is 72.8 Å². The molecule has 3 aromatic heterocycles. The lowest BCUT2D eigenvalue weighted by atomic mass is 10.0. The molecule has 0 unspecified atom stereocenters. The first-order chi connectivity index (χ1) is 69.3. The van der Waals surface area contributed by atoms with E-state index in [-0.39, 0.29) is 13.2 Å². The Kier molecular flexibility index (Phi) is 62.6. The Morgan fingerprint density at radius 3 is 0.493 bits per heavy atom. The number of hydrogen-bond donors (Lipinski definition) is 2. The predicted octanol–water partition coefficient (Wildman–Crippen LogP) is 35.2. The third-order valence-corrected chi connectivity index (χ3v) is 27.9. The average molecular weight is 1940 g/mol. The number of methoxy groups -OCH3 is 2. The van der Waals surface area contributed by atoms with Gasteiger partial charge in [0, 0.05) is 80.1 Å². The van der Waals surface area contributed by atoms with E-state index in [1.165, 1.54) is 308 Å². The average Bonchev–Trinajstić information content (AvgIpc) is 1.59. The zero-order valence-electron chi connectivity index (χ0n) is 89.7. The Morgan fingerprint density at radius 1 is 0.164 bits per heavy atom. The van der Waals surface area contributed by atoms with Crippen molar-refractivity contribution < 1.29 is 66.3 Å². The maximum absolute atomic E-state index is 7.13. The van der Waals surface area contributed by atoms with Crippen LogP contribution < -0.4 is 37.9 Å². The molecule has 8 bridgehead atoms. The molecule has 18 nitrogen and oxygen atoms in total. The lowest BCUT2D eigenvalue weighted by Crippen LogP contribution is -2.14. The van der Waals surface area contributed by atoms with Crippen molar-refractivity contribution in [1.29, 1.82) is 0 Å². The normalized spacial score (nSPS) is 11.8. The molecule has 0 fully saturated rings. The van der Waals surface area contributed by atoms with Crippen molar-refractivity contribution in [1.82, 2.24) is 19.9 Å². The zero-order valence-corrected chi connectivity index (χ0v) is 89.7. The second-order valence-electron chi connectivity index (χ2n) is 39.9. The van der Waals surface area contributed by atoms with Crippen LogP contribution in [-0.2, 0) is 28.4 Å². The fourth-order valence-corrected chi connectivity index (χ4v) is 19.4. The lowest BCUT2D eigenvalue weighted by Gasteiger charge is -2.15. The number of hydrogen-bond acceptors (Lipinski definition) is 16. The van der Waals surface area contributed by atoms with Gasteiger partial charge in [-0.15, -0.1) is 0 Å². The quantitative estimate of drug-likeness (QED) is 0.0343. The molecule has 140 heavy (non-hydrogen) atoms. The summed E-state index contributed by atoms with van der Waals surface area (Å²) in [6, 6.07) is 26.6. The third kappa shape index (κ3) is 45.1. The van der Waals surface area contributed by atoms with E-state index < -0.39 is 0 Å². The first kappa shape index (κ1) is 116. The van der Waals surface area contributed by atoms with E-state index in [0.717, 1.165) is 200 Å². The number of aromatic nitrogens is 4. The van der Waals surface area contributed by atoms with Gasteiger partial charge in [-0.25, -0.2) is 9.97 Å². The number of ether oxygens (including phenoxy) is 14. The van der Waals surface area contributed by atoms with Crippen molar-refractivity contribution in [2.75, 3.05) is 133 Å². The molecule has 7 aromatic rings. The van der Waals surface area contributed by atoms with Crippen LogP contribution in [0, 0.1) is 0 Å². The summed E-state index contributed by atoms with van der Waals surface area (Å²) in [5.41, 5.74) is 10.3. The highest BCUT2D eigenvalue weighted by atomic mass is 16.6. The monoisotopic (exact) mass is 1940 g/mol. The van der Waals surface area contributed by atoms with Crippen LogP contribution in [0.1, 0.15) is 427 Å². The number of nitrogens with one attached hydrogen (secondary N) is 2. The third-order valence-electron chi connectivity index (χ3n) is 27.9. The largest absolute Gasteiger partial charge is 0.490 e. The highest BCUT2D eigenvalue weighted by molar-refractivity contribution is 6.12. The molecule has 2 N–H and O–H groups in total. The van der Waals surface area contributed by atoms with Gasteiger partial charge < -0.3 is 76.3 Å². The molecule has 4 aromatic carbocycles. The van der Waals surface area contributed by atoms with Gasteiger partial charge >= 0.3 is 0 Å². The molecule has 18 heteroatoms. The van der Waals surface area contributed by atoms with Crippen LogP contribution >= 0.6 is 0 Å². The summed E-state index contributed by atoms with van der Waals surface area (Å²) in [5, 5.41) is 3.79. The van der Waals surface area contributed by atoms with Gasteiger partial charge in [-0.1, -0.05) is 388 Å². The van der Waals surface area contributed by atoms with Crippen LogP contribution in [0.2, 0.25) is 0 Å². The molecule has 2 aliphatic heterocycles. The fourth-order valence-electron chi connectivity index (χ4n) is 19.4. The fraction of sp³-hybridized carbons (Fsp3) is 0.705. The number of benzene rings is 4. The molecular formula is C122H194N4O14. The smallest absolute Gasteiger partial charge is 0.162 e. The first-order valence-electron chi connectivity index (χ1n) is 57.7. The zero-order chi connectivity index (χ0) is 98.2. The van der Waals surface area contributed by atoms with Crippen LogP contribution in [-0.4, -0.2) is 153 Å². The molecule has 0 atom stereocenters. The molecule has 786 valence electrons. The van der Waals surface area contributed by atoms with E-state index in [0.29, 0.717) is 117 Å². The molecule has 0 saturated heterocycles. The SMILES string of the molecule is CCCCCCCCCCCCOc1cc2c(cc1OCCCCCCCCCCCC)-c1cc3[nH]c(cc4nc(cc5[nH]c(cc-2n1)c1cc(OCCCCCCCCCCCC)c(OCCCCCCCCCCCC)cc51)-c1cc(OCCCCCCCCCCCC)c(OCCCCCCCCCCCC)cc1-4)c1cc(OCCOCCOCCOC)c(OCCOCCOCCOC)cc31. The summed E-state index contributed by atoms with van der Waals surface area (Å²) in [7, 11) is 3.36. The summed E-state index contributed by atoms with van der Waals surface area (Å²) < 4.78 is 90.8. The van der Waals surface area contributed by atoms with E-state index in [1.807, 2.05) is 0 Å². The van der Waals surface area contributed by atoms with E-state index in [2.05, 4.69) is 124 Å². The molecule has 5 heterocycles. The van der Waals surface area contributed by atoms with Gasteiger partial charge in [0.2, 0.25) is 0 Å². The van der Waals surface area contributed by atoms with Crippen molar-refractivity contribution in [3.63, 3.8) is 0 Å². The number of fused-ring (bicyclic) bond motifs is 20. The van der Waals surface area contributed by atoms with Gasteiger partial charge in [-0.05, 0) is 111 Å². The van der Waals surface area contributed by atoms with Gasteiger partial charge in [0.1, 0.15) is 13.2 Å². The van der Waals surface area contributed by atoms with Crippen LogP contribution in [0.3, 0.4) is 0 Å². The van der Waals surface area contributed by atoms with E-state index in [1.54, 1.807) is 14.2 Å². The van der Waals surface area contributed by atoms with Crippen molar-refractivity contribution in [3.8, 4) is 91.0 Å². The second kappa shape index (κ2) is 75.4. The molecule has 0 radical (unpaired) electrons. The van der Waals surface area contributed by atoms with E-state index in [4.69, 9.17) is 76.3 Å². The summed E-state index contributed by atoms with van der Waals surface area (Å²) in [5.74, 6) is 5.57. The Morgan fingerprint density at radius 2 is 0.314 bits per heavy atom. The Labute approximate surface area is 848 Å². The Bertz CT molecular complexity index is 4080. The van der Waals surface area contributed by atoms with Crippen LogP contribution in [0.15, 0.2) is 72.8 Å². The molecule has 2 aliphatic rings. The van der Waals surface area contributed by atoms with Crippen molar-refractivity contribution >= 4 is 43.6 Å². The van der Waals surface area contributed by atoms with Gasteiger partial charge in [0.25, 0.3) is 0 Å². The topological polar surface area (TPSA) is 187 Å². The maximum atomic E-state index is 7.13. The minimum absolute atomic E-state index is 0.254. The summed E-state index contributed by atoms with van der Waals surface area (Å²) in [6.45, 7) is 22.2. The summed E-state index contributed by atoms with van der Waals surface area (Å²) in [4.78, 5) is 19.9. The van der Waals surface area contributed by atoms with Crippen LogP contribution in [0.25, 0.3) is 88.6 Å². The Hall–Kier alpha value is -7.32. The van der Waals surface area contributed by atoms with Crippen LogP contribution in [0.5, 0.6) is 46.0 Å². The first-order valence-corrected chi connectivity index (χ1v) is 57.7. The maximum Gasteiger partial charge on any atom is 0.162 e. The number of H-pyrrole nitrogens is 2. The number of nitrogens with zero attached hydrogens (tertiary/aromatic N) is 2. The highest BCUT2D eigenvalue weighted by Gasteiger charge is 2.27. The van der Waals surface area contributed by atoms with Gasteiger partial charge in [-0.3, -0.25) is 0 Å². The minimum atomic E-state index is 0.254. The summed E-state index contributed by atoms with van der Waals surface area (Å²) >= 11 is 0. The number of rotatable bonds is 92. The molecular weight excluding hydrogens is 1750 g/mol. The molecule has 0 spiro atoms. The van der Waals surface area contributed by atoms with E-state index in [9.17, 15) is 0 Å². The molecule has 0 aliphatic carbocycles. The standard InChI is InChI=1S/C122H194N4O14/c1-9-15-21-27-33-39-45-51-57-63-69-133-115-87-99-100(88-116(115)134-70-64-58-52-46-40-34-28-22-16-10-2)108-96-110-102-90-118(136-72-66-60-54-48-42-36-30-24-18-12-4)120(138-74-68-62-56-50-44-38-32-26-20-14-6)92-104(102)112(125-110)98-114-106-94-122(140-86-84-132-82-80-130-78-76-128-8)121(139-85-83-131-81-79-129-77-75-127-7)93-105(106)113(126-114)97-111-103-91-119(137-73-67-61-55-49-43-37-31-25-19-13-5)117(89-101(103)109(124-111)95-107(99)123-108)135-71-65-59-53-47-41-35-29-23-17-11-3/h87-98,123,126H,9-86H2,1-8H3. The molecule has 9 rings (SSSR count). The van der Waals surface area contributed by atoms with E-state index >= 15 is 0 Å². The summed E-state index contributed by atoms with van der Waals surface area (Å²) in [6.07, 6.45) is 74.5. The number of aromatic amines is 2.